The number of hydrogen-bond acceptors (Lipinski definition) is 4. The van der Waals surface area contributed by atoms with Gasteiger partial charge < -0.3 is 19.8 Å². The summed E-state index contributed by atoms with van der Waals surface area (Å²) in [7, 11) is 0. The normalized spacial score (nSPS) is 21.6. The third kappa shape index (κ3) is 2.79. The van der Waals surface area contributed by atoms with E-state index in [9.17, 15) is 9.59 Å². The number of aromatic nitrogens is 2. The summed E-state index contributed by atoms with van der Waals surface area (Å²) in [6.07, 6.45) is 2.12. The fourth-order valence-electron chi connectivity index (χ4n) is 2.86. The number of carbonyl (C=O) groups excluding carboxylic acids is 2. The smallest absolute Gasteiger partial charge is 0.251 e. The van der Waals surface area contributed by atoms with Crippen LogP contribution in [0.3, 0.4) is 0 Å². The van der Waals surface area contributed by atoms with E-state index in [1.54, 1.807) is 11.8 Å². The van der Waals surface area contributed by atoms with Crippen molar-refractivity contribution in [2.45, 2.75) is 25.9 Å². The number of rotatable bonds is 3. The molecule has 1 fully saturated rings. The van der Waals surface area contributed by atoms with Gasteiger partial charge in [-0.15, -0.1) is 0 Å². The van der Waals surface area contributed by atoms with Crippen molar-refractivity contribution in [1.29, 1.82) is 0 Å². The predicted molar refractivity (Wildman–Crippen MR) is 83.8 cm³/mol. The summed E-state index contributed by atoms with van der Waals surface area (Å²) in [5, 5.41) is 0. The van der Waals surface area contributed by atoms with E-state index >= 15 is 0 Å². The SMILES string of the molecule is Cc1nc2ccccn2c1CC(=O)N1CCOC(C)(C(N)=O)C1. The summed E-state index contributed by atoms with van der Waals surface area (Å²) in [5.41, 5.74) is 6.76. The van der Waals surface area contributed by atoms with Crippen molar-refractivity contribution in [3.8, 4) is 0 Å². The zero-order valence-corrected chi connectivity index (χ0v) is 13.3. The van der Waals surface area contributed by atoms with Crippen LogP contribution in [0.2, 0.25) is 0 Å². The molecule has 7 heteroatoms. The Kier molecular flexibility index (Phi) is 3.81. The Morgan fingerprint density at radius 2 is 2.22 bits per heavy atom. The van der Waals surface area contributed by atoms with Gasteiger partial charge in [-0.3, -0.25) is 9.59 Å². The van der Waals surface area contributed by atoms with Crippen LogP contribution in [0.5, 0.6) is 0 Å². The second-order valence-electron chi connectivity index (χ2n) is 6.01. The Morgan fingerprint density at radius 3 is 2.96 bits per heavy atom. The van der Waals surface area contributed by atoms with Crippen molar-refractivity contribution < 1.29 is 14.3 Å². The minimum absolute atomic E-state index is 0.0606. The van der Waals surface area contributed by atoms with Crippen molar-refractivity contribution in [3.05, 3.63) is 35.8 Å². The number of imidazole rings is 1. The molecule has 2 N–H and O–H groups in total. The van der Waals surface area contributed by atoms with Crippen LogP contribution in [-0.2, 0) is 20.7 Å². The number of nitrogens with zero attached hydrogens (tertiary/aromatic N) is 3. The molecule has 0 aromatic carbocycles. The monoisotopic (exact) mass is 316 g/mol. The quantitative estimate of drug-likeness (QED) is 0.881. The van der Waals surface area contributed by atoms with Gasteiger partial charge in [0, 0.05) is 12.7 Å². The Labute approximate surface area is 134 Å². The van der Waals surface area contributed by atoms with Gasteiger partial charge in [-0.1, -0.05) is 6.07 Å². The predicted octanol–water partition coefficient (Wildman–Crippen LogP) is 0.288. The van der Waals surface area contributed by atoms with Crippen LogP contribution in [0.15, 0.2) is 24.4 Å². The van der Waals surface area contributed by atoms with Crippen molar-refractivity contribution in [3.63, 3.8) is 0 Å². The highest BCUT2D eigenvalue weighted by atomic mass is 16.5. The summed E-state index contributed by atoms with van der Waals surface area (Å²) in [6, 6.07) is 5.72. The molecule has 7 nitrogen and oxygen atoms in total. The zero-order valence-electron chi connectivity index (χ0n) is 13.3. The fraction of sp³-hybridized carbons (Fsp3) is 0.438. The number of pyridine rings is 1. The first-order valence-corrected chi connectivity index (χ1v) is 7.55. The molecule has 1 atom stereocenters. The molecule has 2 amide bonds. The molecule has 0 spiro atoms. The molecular weight excluding hydrogens is 296 g/mol. The molecule has 1 saturated heterocycles. The van der Waals surface area contributed by atoms with Gasteiger partial charge in [0.2, 0.25) is 5.91 Å². The first-order chi connectivity index (χ1) is 10.9. The van der Waals surface area contributed by atoms with E-state index in [0.29, 0.717) is 13.2 Å². The average molecular weight is 316 g/mol. The molecular formula is C16H20N4O3. The number of amides is 2. The summed E-state index contributed by atoms with van der Waals surface area (Å²) in [5.74, 6) is -0.615. The zero-order chi connectivity index (χ0) is 16.6. The number of fused-ring (bicyclic) bond motifs is 1. The standard InChI is InChI=1S/C16H20N4O3/c1-11-12(20-6-4-3-5-13(20)18-11)9-14(21)19-7-8-23-16(2,10-19)15(17)22/h3-6H,7-10H2,1-2H3,(H2,17,22). The van der Waals surface area contributed by atoms with Crippen LogP contribution in [-0.4, -0.2) is 51.4 Å². The second-order valence-corrected chi connectivity index (χ2v) is 6.01. The Morgan fingerprint density at radius 1 is 1.43 bits per heavy atom. The molecule has 2 aromatic heterocycles. The van der Waals surface area contributed by atoms with Crippen molar-refractivity contribution >= 4 is 17.5 Å². The number of hydrogen-bond donors (Lipinski definition) is 1. The molecule has 1 unspecified atom stereocenters. The summed E-state index contributed by atoms with van der Waals surface area (Å²) in [6.45, 7) is 4.45. The number of primary amides is 1. The van der Waals surface area contributed by atoms with Gasteiger partial charge in [-0.2, -0.15) is 0 Å². The maximum absolute atomic E-state index is 12.6. The van der Waals surface area contributed by atoms with Crippen molar-refractivity contribution in [1.82, 2.24) is 14.3 Å². The summed E-state index contributed by atoms with van der Waals surface area (Å²) < 4.78 is 7.37. The molecule has 23 heavy (non-hydrogen) atoms. The number of nitrogens with two attached hydrogens (primary N) is 1. The second kappa shape index (κ2) is 5.66. The van der Waals surface area contributed by atoms with E-state index in [1.165, 1.54) is 0 Å². The summed E-state index contributed by atoms with van der Waals surface area (Å²) >= 11 is 0. The molecule has 2 aromatic rings. The minimum Gasteiger partial charge on any atom is -0.367 e. The lowest BCUT2D eigenvalue weighted by molar-refractivity contribution is -0.160. The molecule has 1 aliphatic rings. The number of morpholine rings is 1. The van der Waals surface area contributed by atoms with Gasteiger partial charge in [0.25, 0.3) is 5.91 Å². The summed E-state index contributed by atoms with van der Waals surface area (Å²) in [4.78, 5) is 30.3. The van der Waals surface area contributed by atoms with Crippen LogP contribution in [0.25, 0.3) is 5.65 Å². The molecule has 122 valence electrons. The average Bonchev–Trinajstić information content (AvgIpc) is 2.83. The van der Waals surface area contributed by atoms with Crippen LogP contribution in [0, 0.1) is 6.92 Å². The number of carbonyl (C=O) groups is 2. The minimum atomic E-state index is -1.12. The van der Waals surface area contributed by atoms with E-state index in [0.717, 1.165) is 17.0 Å². The van der Waals surface area contributed by atoms with Crippen LogP contribution < -0.4 is 5.73 Å². The lowest BCUT2D eigenvalue weighted by Crippen LogP contribution is -2.58. The van der Waals surface area contributed by atoms with E-state index in [-0.39, 0.29) is 18.9 Å². The molecule has 0 aliphatic carbocycles. The Bertz CT molecular complexity index is 770. The fourth-order valence-corrected chi connectivity index (χ4v) is 2.86. The molecule has 1 aliphatic heterocycles. The maximum atomic E-state index is 12.6. The van der Waals surface area contributed by atoms with Gasteiger partial charge in [0.1, 0.15) is 5.65 Å². The van der Waals surface area contributed by atoms with Crippen molar-refractivity contribution in [2.75, 3.05) is 19.7 Å². The number of aryl methyl sites for hydroxylation is 1. The molecule has 0 saturated carbocycles. The first-order valence-electron chi connectivity index (χ1n) is 7.55. The lowest BCUT2D eigenvalue weighted by Gasteiger charge is -2.38. The largest absolute Gasteiger partial charge is 0.367 e. The third-order valence-corrected chi connectivity index (χ3v) is 4.30. The first kappa shape index (κ1) is 15.5. The van der Waals surface area contributed by atoms with E-state index in [1.807, 2.05) is 35.7 Å². The molecule has 0 bridgehead atoms. The highest BCUT2D eigenvalue weighted by Crippen LogP contribution is 2.19. The van der Waals surface area contributed by atoms with E-state index in [4.69, 9.17) is 10.5 Å². The topological polar surface area (TPSA) is 89.9 Å². The molecule has 3 heterocycles. The van der Waals surface area contributed by atoms with Gasteiger partial charge in [0.15, 0.2) is 5.60 Å². The third-order valence-electron chi connectivity index (χ3n) is 4.30. The highest BCUT2D eigenvalue weighted by Gasteiger charge is 2.39. The van der Waals surface area contributed by atoms with E-state index in [2.05, 4.69) is 4.98 Å². The lowest BCUT2D eigenvalue weighted by atomic mass is 10.0. The van der Waals surface area contributed by atoms with Gasteiger partial charge in [0.05, 0.1) is 31.0 Å². The van der Waals surface area contributed by atoms with Gasteiger partial charge in [-0.05, 0) is 26.0 Å². The van der Waals surface area contributed by atoms with Crippen molar-refractivity contribution in [2.24, 2.45) is 5.73 Å². The van der Waals surface area contributed by atoms with Crippen LogP contribution in [0.1, 0.15) is 18.3 Å². The molecule has 0 radical (unpaired) electrons. The van der Waals surface area contributed by atoms with Crippen LogP contribution in [0.4, 0.5) is 0 Å². The molecule has 3 rings (SSSR count). The van der Waals surface area contributed by atoms with Crippen LogP contribution >= 0.6 is 0 Å². The number of ether oxygens (including phenoxy) is 1. The Hall–Kier alpha value is -2.41. The van der Waals surface area contributed by atoms with Gasteiger partial charge in [-0.25, -0.2) is 4.98 Å². The maximum Gasteiger partial charge on any atom is 0.251 e. The van der Waals surface area contributed by atoms with Gasteiger partial charge >= 0.3 is 0 Å². The van der Waals surface area contributed by atoms with E-state index < -0.39 is 11.5 Å². The highest BCUT2D eigenvalue weighted by molar-refractivity contribution is 5.85. The Balaban J connectivity index is 1.81.